The van der Waals surface area contributed by atoms with Gasteiger partial charge in [0.15, 0.2) is 5.75 Å². The Bertz CT molecular complexity index is 792. The molecule has 8 nitrogen and oxygen atoms in total. The molecule has 2 rings (SSSR count). The number of nitrogens with zero attached hydrogens (tertiary/aromatic N) is 2. The summed E-state index contributed by atoms with van der Waals surface area (Å²) < 4.78 is 4.98. The van der Waals surface area contributed by atoms with Crippen LogP contribution in [0.4, 0.5) is 11.4 Å². The fraction of sp³-hybridized carbons (Fsp3) is 0. The van der Waals surface area contributed by atoms with E-state index in [4.69, 9.17) is 27.9 Å². The first-order valence-electron chi connectivity index (χ1n) is 5.89. The Kier molecular flexibility index (Phi) is 4.77. The molecule has 0 amide bonds. The predicted molar refractivity (Wildman–Crippen MR) is 81.2 cm³/mol. The predicted octanol–water partition coefficient (Wildman–Crippen LogP) is 4.03. The summed E-state index contributed by atoms with van der Waals surface area (Å²) in [7, 11) is 0. The topological polar surface area (TPSA) is 113 Å². The third-order valence-corrected chi connectivity index (χ3v) is 3.20. The highest BCUT2D eigenvalue weighted by Crippen LogP contribution is 2.29. The molecule has 0 fully saturated rings. The minimum absolute atomic E-state index is 0.0710. The van der Waals surface area contributed by atoms with Crippen molar-refractivity contribution >= 4 is 40.5 Å². The van der Waals surface area contributed by atoms with E-state index in [9.17, 15) is 25.0 Å². The van der Waals surface area contributed by atoms with Crippen molar-refractivity contribution in [3.8, 4) is 5.75 Å². The lowest BCUT2D eigenvalue weighted by atomic mass is 10.2. The lowest BCUT2D eigenvalue weighted by molar-refractivity contribution is -0.394. The Balaban J connectivity index is 2.40. The second-order valence-corrected chi connectivity index (χ2v) is 5.06. The first-order valence-corrected chi connectivity index (χ1v) is 6.64. The van der Waals surface area contributed by atoms with Crippen molar-refractivity contribution in [2.75, 3.05) is 0 Å². The number of halogens is 2. The van der Waals surface area contributed by atoms with Crippen molar-refractivity contribution in [1.82, 2.24) is 0 Å². The number of rotatable bonds is 4. The first kappa shape index (κ1) is 16.7. The second kappa shape index (κ2) is 6.59. The standard InChI is InChI=1S/C13H6Cl2N2O6/c14-8-1-2-11(15)12(5-8)23-13(18)7-3-9(16(19)20)6-10(4-7)17(21)22/h1-6H. The van der Waals surface area contributed by atoms with Crippen LogP contribution in [0.2, 0.25) is 10.0 Å². The molecule has 0 spiro atoms. The molecule has 0 bridgehead atoms. The molecule has 0 saturated heterocycles. The molecular weight excluding hydrogens is 351 g/mol. The summed E-state index contributed by atoms with van der Waals surface area (Å²) in [4.78, 5) is 32.0. The molecule has 0 saturated carbocycles. The first-order chi connectivity index (χ1) is 10.8. The highest BCUT2D eigenvalue weighted by molar-refractivity contribution is 6.34. The molecule has 23 heavy (non-hydrogen) atoms. The highest BCUT2D eigenvalue weighted by Gasteiger charge is 2.21. The largest absolute Gasteiger partial charge is 0.421 e. The number of nitro groups is 2. The zero-order valence-corrected chi connectivity index (χ0v) is 12.6. The Morgan fingerprint density at radius 1 is 0.957 bits per heavy atom. The maximum Gasteiger partial charge on any atom is 0.344 e. The van der Waals surface area contributed by atoms with Crippen LogP contribution < -0.4 is 4.74 Å². The molecular formula is C13H6Cl2N2O6. The van der Waals surface area contributed by atoms with Crippen LogP contribution in [0, 0.1) is 20.2 Å². The maximum atomic E-state index is 12.1. The lowest BCUT2D eigenvalue weighted by Gasteiger charge is -2.06. The summed E-state index contributed by atoms with van der Waals surface area (Å²) in [6, 6.07) is 6.61. The average Bonchev–Trinajstić information content (AvgIpc) is 2.50. The van der Waals surface area contributed by atoms with Crippen LogP contribution in [0.3, 0.4) is 0 Å². The molecule has 0 aromatic heterocycles. The van der Waals surface area contributed by atoms with Gasteiger partial charge >= 0.3 is 5.97 Å². The van der Waals surface area contributed by atoms with E-state index in [0.29, 0.717) is 0 Å². The summed E-state index contributed by atoms with van der Waals surface area (Å²) in [5, 5.41) is 21.9. The lowest BCUT2D eigenvalue weighted by Crippen LogP contribution is -2.10. The molecule has 0 atom stereocenters. The molecule has 0 aliphatic carbocycles. The van der Waals surface area contributed by atoms with Crippen molar-refractivity contribution in [2.45, 2.75) is 0 Å². The van der Waals surface area contributed by atoms with Crippen LogP contribution >= 0.6 is 23.2 Å². The fourth-order valence-corrected chi connectivity index (χ4v) is 1.96. The van der Waals surface area contributed by atoms with Gasteiger partial charge in [-0.2, -0.15) is 0 Å². The van der Waals surface area contributed by atoms with Crippen LogP contribution in [-0.2, 0) is 0 Å². The van der Waals surface area contributed by atoms with E-state index in [1.807, 2.05) is 0 Å². The highest BCUT2D eigenvalue weighted by atomic mass is 35.5. The van der Waals surface area contributed by atoms with Gasteiger partial charge in [0.25, 0.3) is 11.4 Å². The zero-order chi connectivity index (χ0) is 17.1. The van der Waals surface area contributed by atoms with Gasteiger partial charge in [0.05, 0.1) is 26.5 Å². The van der Waals surface area contributed by atoms with E-state index < -0.39 is 27.2 Å². The van der Waals surface area contributed by atoms with E-state index in [-0.39, 0.29) is 21.4 Å². The molecule has 0 radical (unpaired) electrons. The van der Waals surface area contributed by atoms with Crippen LogP contribution in [0.25, 0.3) is 0 Å². The Labute approximate surface area is 138 Å². The van der Waals surface area contributed by atoms with Crippen LogP contribution in [0.5, 0.6) is 5.75 Å². The van der Waals surface area contributed by atoms with Crippen molar-refractivity contribution in [2.24, 2.45) is 0 Å². The minimum atomic E-state index is -1.04. The van der Waals surface area contributed by atoms with Crippen molar-refractivity contribution in [3.63, 3.8) is 0 Å². The number of esters is 1. The van der Waals surface area contributed by atoms with Gasteiger partial charge < -0.3 is 4.74 Å². The van der Waals surface area contributed by atoms with Gasteiger partial charge in [-0.15, -0.1) is 0 Å². The smallest absolute Gasteiger partial charge is 0.344 e. The molecule has 2 aromatic rings. The minimum Gasteiger partial charge on any atom is -0.421 e. The van der Waals surface area contributed by atoms with Crippen LogP contribution in [0.1, 0.15) is 10.4 Å². The molecule has 10 heteroatoms. The monoisotopic (exact) mass is 356 g/mol. The Hall–Kier alpha value is -2.71. The molecule has 0 aliphatic rings. The number of benzene rings is 2. The number of non-ortho nitro benzene ring substituents is 2. The van der Waals surface area contributed by atoms with E-state index in [0.717, 1.165) is 18.2 Å². The van der Waals surface area contributed by atoms with Crippen molar-refractivity contribution in [1.29, 1.82) is 0 Å². The SMILES string of the molecule is O=C(Oc1cc(Cl)ccc1Cl)c1cc([N+](=O)[O-])cc([N+](=O)[O-])c1. The van der Waals surface area contributed by atoms with Gasteiger partial charge in [-0.1, -0.05) is 23.2 Å². The molecule has 0 heterocycles. The quantitative estimate of drug-likeness (QED) is 0.353. The molecule has 2 aromatic carbocycles. The van der Waals surface area contributed by atoms with Gasteiger partial charge in [0.1, 0.15) is 0 Å². The molecule has 0 unspecified atom stereocenters. The second-order valence-electron chi connectivity index (χ2n) is 4.22. The van der Waals surface area contributed by atoms with Gasteiger partial charge in [0.2, 0.25) is 0 Å². The Morgan fingerprint density at radius 3 is 2.04 bits per heavy atom. The number of ether oxygens (including phenoxy) is 1. The molecule has 0 aliphatic heterocycles. The summed E-state index contributed by atoms with van der Waals surface area (Å²) in [6.07, 6.45) is 0. The molecule has 118 valence electrons. The van der Waals surface area contributed by atoms with Crippen molar-refractivity contribution < 1.29 is 19.4 Å². The number of hydrogen-bond donors (Lipinski definition) is 0. The number of carbonyl (C=O) groups is 1. The van der Waals surface area contributed by atoms with E-state index in [1.165, 1.54) is 18.2 Å². The van der Waals surface area contributed by atoms with Gasteiger partial charge in [-0.3, -0.25) is 20.2 Å². The van der Waals surface area contributed by atoms with E-state index >= 15 is 0 Å². The number of hydrogen-bond acceptors (Lipinski definition) is 6. The maximum absolute atomic E-state index is 12.1. The van der Waals surface area contributed by atoms with Gasteiger partial charge in [0, 0.05) is 23.2 Å². The third-order valence-electron chi connectivity index (χ3n) is 2.66. The van der Waals surface area contributed by atoms with Crippen LogP contribution in [0.15, 0.2) is 36.4 Å². The summed E-state index contributed by atoms with van der Waals surface area (Å²) in [6.45, 7) is 0. The van der Waals surface area contributed by atoms with Crippen molar-refractivity contribution in [3.05, 3.63) is 72.2 Å². The number of carbonyl (C=O) groups excluding carboxylic acids is 1. The third kappa shape index (κ3) is 3.93. The molecule has 0 N–H and O–H groups in total. The Morgan fingerprint density at radius 2 is 1.52 bits per heavy atom. The normalized spacial score (nSPS) is 10.2. The average molecular weight is 357 g/mol. The zero-order valence-electron chi connectivity index (χ0n) is 11.1. The summed E-state index contributed by atoms with van der Waals surface area (Å²) in [5.74, 6) is -1.11. The van der Waals surface area contributed by atoms with Gasteiger partial charge in [-0.25, -0.2) is 4.79 Å². The fourth-order valence-electron chi connectivity index (χ4n) is 1.64. The summed E-state index contributed by atoms with van der Waals surface area (Å²) >= 11 is 11.6. The van der Waals surface area contributed by atoms with Crippen LogP contribution in [-0.4, -0.2) is 15.8 Å². The van der Waals surface area contributed by atoms with Gasteiger partial charge in [-0.05, 0) is 12.1 Å². The summed E-state index contributed by atoms with van der Waals surface area (Å²) in [5.41, 5.74) is -1.58. The van der Waals surface area contributed by atoms with E-state index in [1.54, 1.807) is 0 Å². The number of nitro benzene ring substituents is 2. The van der Waals surface area contributed by atoms with E-state index in [2.05, 4.69) is 0 Å².